The summed E-state index contributed by atoms with van der Waals surface area (Å²) in [7, 11) is 5.66. The maximum absolute atomic E-state index is 13.3. The summed E-state index contributed by atoms with van der Waals surface area (Å²) in [4.78, 5) is 19.9. The third-order valence-corrected chi connectivity index (χ3v) is 6.36. The minimum atomic E-state index is -0.197. The summed E-state index contributed by atoms with van der Waals surface area (Å²) in [6.07, 6.45) is 0.841. The zero-order chi connectivity index (χ0) is 23.0. The van der Waals surface area contributed by atoms with Gasteiger partial charge in [0, 0.05) is 45.4 Å². The van der Waals surface area contributed by atoms with Gasteiger partial charge in [-0.1, -0.05) is 35.9 Å². The van der Waals surface area contributed by atoms with Crippen LogP contribution in [0.2, 0.25) is 5.02 Å². The van der Waals surface area contributed by atoms with E-state index in [9.17, 15) is 4.79 Å². The highest BCUT2D eigenvalue weighted by molar-refractivity contribution is 6.33. The first-order valence-electron chi connectivity index (χ1n) is 10.8. The molecule has 1 aliphatic carbocycles. The molecule has 1 heterocycles. The molecule has 4 rings (SSSR count). The van der Waals surface area contributed by atoms with Crippen molar-refractivity contribution in [1.29, 1.82) is 0 Å². The van der Waals surface area contributed by atoms with Gasteiger partial charge in [0.25, 0.3) is 5.56 Å². The lowest BCUT2D eigenvalue weighted by Gasteiger charge is -2.25. The Labute approximate surface area is 193 Å². The molecule has 0 radical (unpaired) electrons. The Balaban J connectivity index is 1.73. The second kappa shape index (κ2) is 8.96. The Morgan fingerprint density at radius 2 is 2.00 bits per heavy atom. The molecule has 0 saturated carbocycles. The molecule has 2 aromatic carbocycles. The summed E-state index contributed by atoms with van der Waals surface area (Å²) in [6, 6.07) is 13.9. The number of hydrogen-bond donors (Lipinski definition) is 1. The quantitative estimate of drug-likeness (QED) is 0.592. The lowest BCUT2D eigenvalue weighted by Crippen LogP contribution is -2.30. The van der Waals surface area contributed by atoms with Gasteiger partial charge in [0.2, 0.25) is 0 Å². The fraction of sp³-hybridized carbons (Fsp3) is 0.360. The smallest absolute Gasteiger partial charge is 0.278 e. The number of nitrogens with zero attached hydrogens (tertiary/aromatic N) is 3. The topological polar surface area (TPSA) is 59.4 Å². The highest BCUT2D eigenvalue weighted by Crippen LogP contribution is 2.36. The van der Waals surface area contributed by atoms with E-state index in [1.54, 1.807) is 11.6 Å². The first kappa shape index (κ1) is 22.4. The van der Waals surface area contributed by atoms with Crippen LogP contribution in [0.1, 0.15) is 29.8 Å². The van der Waals surface area contributed by atoms with Gasteiger partial charge in [-0.25, -0.2) is 4.98 Å². The van der Waals surface area contributed by atoms with E-state index < -0.39 is 0 Å². The number of nitrogens with one attached hydrogen (secondary N) is 1. The molecule has 0 amide bonds. The van der Waals surface area contributed by atoms with Gasteiger partial charge in [-0.05, 0) is 43.2 Å². The van der Waals surface area contributed by atoms with Crippen LogP contribution in [0.25, 0.3) is 11.3 Å². The lowest BCUT2D eigenvalue weighted by atomic mass is 10.1. The van der Waals surface area contributed by atoms with Gasteiger partial charge in [0.1, 0.15) is 11.5 Å². The second-order valence-electron chi connectivity index (χ2n) is 8.34. The third kappa shape index (κ3) is 4.00. The molecule has 0 aliphatic heterocycles. The number of hydrogen-bond acceptors (Lipinski definition) is 5. The van der Waals surface area contributed by atoms with Crippen LogP contribution in [0, 0.1) is 6.92 Å². The molecule has 168 valence electrons. The number of ether oxygens (including phenoxy) is 1. The highest BCUT2D eigenvalue weighted by atomic mass is 35.5. The van der Waals surface area contributed by atoms with E-state index in [0.717, 1.165) is 17.8 Å². The Kier molecular flexibility index (Phi) is 6.26. The Morgan fingerprint density at radius 3 is 2.69 bits per heavy atom. The van der Waals surface area contributed by atoms with E-state index in [2.05, 4.69) is 22.4 Å². The molecule has 0 saturated heterocycles. The van der Waals surface area contributed by atoms with Crippen LogP contribution in [0.15, 0.2) is 47.3 Å². The number of fused-ring (bicyclic) bond motifs is 1. The second-order valence-corrected chi connectivity index (χ2v) is 8.74. The van der Waals surface area contributed by atoms with E-state index in [0.29, 0.717) is 28.7 Å². The van der Waals surface area contributed by atoms with Crippen molar-refractivity contribution in [2.24, 2.45) is 7.05 Å². The molecule has 0 fully saturated rings. The molecule has 7 heteroatoms. The normalized spacial score (nSPS) is 17.3. The number of anilines is 2. The number of halogens is 1. The minimum Gasteiger partial charge on any atom is -0.378 e. The van der Waals surface area contributed by atoms with Crippen molar-refractivity contribution >= 4 is 23.1 Å². The van der Waals surface area contributed by atoms with E-state index >= 15 is 0 Å². The van der Waals surface area contributed by atoms with E-state index in [1.807, 2.05) is 63.2 Å². The van der Waals surface area contributed by atoms with Crippen molar-refractivity contribution in [3.63, 3.8) is 0 Å². The predicted octanol–water partition coefficient (Wildman–Crippen LogP) is 4.59. The van der Waals surface area contributed by atoms with Crippen LogP contribution < -0.4 is 15.8 Å². The van der Waals surface area contributed by atoms with Crippen LogP contribution in [-0.2, 0) is 18.2 Å². The van der Waals surface area contributed by atoms with E-state index in [1.165, 1.54) is 11.1 Å². The number of aryl methyl sites for hydroxylation is 1. The van der Waals surface area contributed by atoms with E-state index in [-0.39, 0.29) is 17.7 Å². The monoisotopic (exact) mass is 452 g/mol. The Morgan fingerprint density at radius 1 is 1.25 bits per heavy atom. The van der Waals surface area contributed by atoms with Gasteiger partial charge >= 0.3 is 0 Å². The minimum absolute atomic E-state index is 0.000370. The molecule has 3 aromatic rings. The average molecular weight is 453 g/mol. The first-order chi connectivity index (χ1) is 15.3. The van der Waals surface area contributed by atoms with Crippen molar-refractivity contribution in [3.8, 4) is 11.3 Å². The fourth-order valence-corrected chi connectivity index (χ4v) is 4.63. The highest BCUT2D eigenvalue weighted by Gasteiger charge is 2.33. The molecular weight excluding hydrogens is 424 g/mol. The summed E-state index contributed by atoms with van der Waals surface area (Å²) < 4.78 is 7.65. The van der Waals surface area contributed by atoms with Crippen LogP contribution in [0.5, 0.6) is 0 Å². The SMILES string of the molecule is CCO[C@H]1Cc2ccccc2C1Nc1c(C)nc(-c2ccc(N(C)C)cc2Cl)c(=O)n1C. The molecule has 1 aliphatic rings. The van der Waals surface area contributed by atoms with Crippen LogP contribution >= 0.6 is 11.6 Å². The number of rotatable bonds is 6. The molecule has 1 N–H and O–H groups in total. The molecule has 6 nitrogen and oxygen atoms in total. The van der Waals surface area contributed by atoms with Gasteiger partial charge in [-0.3, -0.25) is 9.36 Å². The van der Waals surface area contributed by atoms with Crippen molar-refractivity contribution < 1.29 is 4.74 Å². The van der Waals surface area contributed by atoms with Gasteiger partial charge < -0.3 is 15.0 Å². The molecule has 0 bridgehead atoms. The van der Waals surface area contributed by atoms with Crippen molar-refractivity contribution in [2.75, 3.05) is 30.9 Å². The maximum atomic E-state index is 13.3. The summed E-state index contributed by atoms with van der Waals surface area (Å²) in [5.41, 5.74) is 4.94. The fourth-order valence-electron chi connectivity index (χ4n) is 4.37. The van der Waals surface area contributed by atoms with Crippen molar-refractivity contribution in [1.82, 2.24) is 9.55 Å². The maximum Gasteiger partial charge on any atom is 0.278 e. The standard InChI is InChI=1S/C25H29ClN4O2/c1-6-32-21-13-16-9-7-8-10-18(16)22(21)28-24-15(2)27-23(25(31)30(24)5)19-12-11-17(29(3)4)14-20(19)26/h7-12,14,21-22,28H,6,13H2,1-5H3/t21-,22?/m0/s1. The largest absolute Gasteiger partial charge is 0.378 e. The predicted molar refractivity (Wildman–Crippen MR) is 131 cm³/mol. The van der Waals surface area contributed by atoms with Gasteiger partial charge in [-0.15, -0.1) is 0 Å². The van der Waals surface area contributed by atoms with Crippen molar-refractivity contribution in [3.05, 3.63) is 74.7 Å². The molecule has 0 spiro atoms. The third-order valence-electron chi connectivity index (χ3n) is 6.05. The van der Waals surface area contributed by atoms with Crippen LogP contribution in [0.4, 0.5) is 11.5 Å². The molecule has 1 aromatic heterocycles. The van der Waals surface area contributed by atoms with Gasteiger partial charge in [0.15, 0.2) is 0 Å². The number of aromatic nitrogens is 2. The average Bonchev–Trinajstić information content (AvgIpc) is 3.11. The zero-order valence-electron chi connectivity index (χ0n) is 19.1. The molecular formula is C25H29ClN4O2. The Bertz CT molecular complexity index is 1210. The van der Waals surface area contributed by atoms with Gasteiger partial charge in [0.05, 0.1) is 22.9 Å². The summed E-state index contributed by atoms with van der Waals surface area (Å²) in [5, 5.41) is 4.06. The molecule has 32 heavy (non-hydrogen) atoms. The van der Waals surface area contributed by atoms with Gasteiger partial charge in [-0.2, -0.15) is 0 Å². The lowest BCUT2D eigenvalue weighted by molar-refractivity contribution is 0.0572. The molecule has 2 atom stereocenters. The molecule has 1 unspecified atom stereocenters. The van der Waals surface area contributed by atoms with Crippen molar-refractivity contribution in [2.45, 2.75) is 32.4 Å². The zero-order valence-corrected chi connectivity index (χ0v) is 19.9. The number of benzene rings is 2. The summed E-state index contributed by atoms with van der Waals surface area (Å²) in [6.45, 7) is 4.54. The first-order valence-corrected chi connectivity index (χ1v) is 11.2. The van der Waals surface area contributed by atoms with Crippen LogP contribution in [-0.4, -0.2) is 36.4 Å². The van der Waals surface area contributed by atoms with Crippen LogP contribution in [0.3, 0.4) is 0 Å². The summed E-state index contributed by atoms with van der Waals surface area (Å²) in [5.74, 6) is 0.686. The Hall–Kier alpha value is -2.83. The van der Waals surface area contributed by atoms with E-state index in [4.69, 9.17) is 16.3 Å². The summed E-state index contributed by atoms with van der Waals surface area (Å²) >= 11 is 6.53.